The average molecular weight is 455 g/mol. The Hall–Kier alpha value is -3.36. The summed E-state index contributed by atoms with van der Waals surface area (Å²) in [7, 11) is 3.17. The fourth-order valence-electron chi connectivity index (χ4n) is 3.00. The summed E-state index contributed by atoms with van der Waals surface area (Å²) in [6.45, 7) is 0.480. The fourth-order valence-corrected chi connectivity index (χ4v) is 3.91. The van der Waals surface area contributed by atoms with Crippen LogP contribution in [0.4, 0.5) is 5.13 Å². The minimum atomic E-state index is -0.279. The zero-order chi connectivity index (χ0) is 21.8. The highest BCUT2D eigenvalue weighted by molar-refractivity contribution is 7.14. The number of methoxy groups -OCH3 is 2. The summed E-state index contributed by atoms with van der Waals surface area (Å²) < 4.78 is 12.3. The van der Waals surface area contributed by atoms with Gasteiger partial charge >= 0.3 is 0 Å². The number of nitrogens with zero attached hydrogens (tertiary/aromatic N) is 3. The Kier molecular flexibility index (Phi) is 6.20. The molecular weight excluding hydrogens is 436 g/mol. The molecular formula is C22H19ClN4O3S. The van der Waals surface area contributed by atoms with Crippen LogP contribution in [-0.2, 0) is 6.54 Å². The Labute approximate surface area is 188 Å². The number of thiazole rings is 1. The van der Waals surface area contributed by atoms with Gasteiger partial charge in [0.25, 0.3) is 5.91 Å². The standard InChI is InChI=1S/C22H19ClN4O3S/c1-29-19-8-7-14(9-20(19)30-2)18-13-31-22(25-18)26-21(28)16-10-24-27(12-16)11-15-5-3-4-6-17(15)23/h3-10,12-13H,11H2,1-2H3,(H,25,26,28). The minimum absolute atomic E-state index is 0.279. The summed E-state index contributed by atoms with van der Waals surface area (Å²) in [5, 5.41) is 10.1. The number of benzene rings is 2. The Morgan fingerprint density at radius 1 is 1.16 bits per heavy atom. The van der Waals surface area contributed by atoms with Crippen molar-refractivity contribution in [3.63, 3.8) is 0 Å². The molecule has 0 aliphatic carbocycles. The molecule has 0 saturated heterocycles. The smallest absolute Gasteiger partial charge is 0.260 e. The lowest BCUT2D eigenvalue weighted by atomic mass is 10.1. The fraction of sp³-hybridized carbons (Fsp3) is 0.136. The van der Waals surface area contributed by atoms with E-state index in [-0.39, 0.29) is 5.91 Å². The molecule has 0 atom stereocenters. The number of carbonyl (C=O) groups is 1. The van der Waals surface area contributed by atoms with Crippen molar-refractivity contribution in [3.8, 4) is 22.8 Å². The lowest BCUT2D eigenvalue weighted by Gasteiger charge is -2.08. The minimum Gasteiger partial charge on any atom is -0.493 e. The topological polar surface area (TPSA) is 78.3 Å². The quantitative estimate of drug-likeness (QED) is 0.426. The molecule has 2 aromatic carbocycles. The van der Waals surface area contributed by atoms with Crippen LogP contribution in [-0.4, -0.2) is 34.9 Å². The van der Waals surface area contributed by atoms with Crippen LogP contribution in [0.3, 0.4) is 0 Å². The first-order valence-corrected chi connectivity index (χ1v) is 10.6. The number of amides is 1. The molecule has 9 heteroatoms. The van der Waals surface area contributed by atoms with Gasteiger partial charge in [0.05, 0.1) is 38.2 Å². The second-order valence-electron chi connectivity index (χ2n) is 6.58. The molecule has 0 aliphatic rings. The van der Waals surface area contributed by atoms with Crippen molar-refractivity contribution in [1.29, 1.82) is 0 Å². The molecule has 1 amide bonds. The average Bonchev–Trinajstić information content (AvgIpc) is 3.45. The third-order valence-electron chi connectivity index (χ3n) is 4.59. The zero-order valence-electron chi connectivity index (χ0n) is 16.8. The number of nitrogens with one attached hydrogen (secondary N) is 1. The molecule has 2 aromatic heterocycles. The Morgan fingerprint density at radius 3 is 2.74 bits per heavy atom. The third kappa shape index (κ3) is 4.70. The molecule has 0 spiro atoms. The van der Waals surface area contributed by atoms with Crippen molar-refractivity contribution in [2.45, 2.75) is 6.54 Å². The van der Waals surface area contributed by atoms with E-state index in [1.54, 1.807) is 25.1 Å². The highest BCUT2D eigenvalue weighted by Crippen LogP contribution is 2.33. The summed E-state index contributed by atoms with van der Waals surface area (Å²) in [5.41, 5.74) is 2.96. The number of halogens is 1. The van der Waals surface area contributed by atoms with Gasteiger partial charge in [0, 0.05) is 22.2 Å². The lowest BCUT2D eigenvalue weighted by Crippen LogP contribution is -2.11. The molecule has 0 radical (unpaired) electrons. The maximum absolute atomic E-state index is 12.6. The molecule has 158 valence electrons. The van der Waals surface area contributed by atoms with E-state index in [0.29, 0.717) is 33.8 Å². The second-order valence-corrected chi connectivity index (χ2v) is 7.85. The van der Waals surface area contributed by atoms with Crippen LogP contribution in [0.5, 0.6) is 11.5 Å². The van der Waals surface area contributed by atoms with Crippen LogP contribution in [0.25, 0.3) is 11.3 Å². The van der Waals surface area contributed by atoms with Gasteiger partial charge in [-0.3, -0.25) is 14.8 Å². The molecule has 0 saturated carbocycles. The van der Waals surface area contributed by atoms with E-state index in [1.807, 2.05) is 47.8 Å². The van der Waals surface area contributed by atoms with Crippen LogP contribution < -0.4 is 14.8 Å². The number of hydrogen-bond donors (Lipinski definition) is 1. The van der Waals surface area contributed by atoms with Gasteiger partial charge in [-0.15, -0.1) is 11.3 Å². The maximum Gasteiger partial charge on any atom is 0.260 e. The van der Waals surface area contributed by atoms with Gasteiger partial charge in [-0.2, -0.15) is 5.10 Å². The largest absolute Gasteiger partial charge is 0.493 e. The lowest BCUT2D eigenvalue weighted by molar-refractivity contribution is 0.102. The van der Waals surface area contributed by atoms with Crippen molar-refractivity contribution in [2.24, 2.45) is 0 Å². The van der Waals surface area contributed by atoms with Gasteiger partial charge < -0.3 is 9.47 Å². The normalized spacial score (nSPS) is 10.7. The molecule has 0 fully saturated rings. The van der Waals surface area contributed by atoms with Crippen molar-refractivity contribution in [1.82, 2.24) is 14.8 Å². The molecule has 4 aromatic rings. The summed E-state index contributed by atoms with van der Waals surface area (Å²) in [4.78, 5) is 17.1. The number of rotatable bonds is 7. The summed E-state index contributed by atoms with van der Waals surface area (Å²) in [6.07, 6.45) is 3.20. The molecule has 4 rings (SSSR count). The first-order valence-electron chi connectivity index (χ1n) is 9.32. The predicted molar refractivity (Wildman–Crippen MR) is 121 cm³/mol. The number of carbonyl (C=O) groups excluding carboxylic acids is 1. The number of hydrogen-bond acceptors (Lipinski definition) is 6. The van der Waals surface area contributed by atoms with Crippen LogP contribution in [0, 0.1) is 0 Å². The Morgan fingerprint density at radius 2 is 1.97 bits per heavy atom. The van der Waals surface area contributed by atoms with Crippen LogP contribution >= 0.6 is 22.9 Å². The number of aromatic nitrogens is 3. The maximum atomic E-state index is 12.6. The zero-order valence-corrected chi connectivity index (χ0v) is 18.4. The van der Waals surface area contributed by atoms with E-state index in [4.69, 9.17) is 21.1 Å². The van der Waals surface area contributed by atoms with Gasteiger partial charge in [0.1, 0.15) is 0 Å². The molecule has 7 nitrogen and oxygen atoms in total. The summed E-state index contributed by atoms with van der Waals surface area (Å²) in [5.74, 6) is 0.979. The van der Waals surface area contributed by atoms with E-state index in [0.717, 1.165) is 16.8 Å². The first kappa shape index (κ1) is 20.9. The highest BCUT2D eigenvalue weighted by atomic mass is 35.5. The summed E-state index contributed by atoms with van der Waals surface area (Å²) >= 11 is 7.54. The highest BCUT2D eigenvalue weighted by Gasteiger charge is 2.14. The van der Waals surface area contributed by atoms with Gasteiger partial charge in [-0.1, -0.05) is 29.8 Å². The van der Waals surface area contributed by atoms with Crippen molar-refractivity contribution >= 4 is 34.0 Å². The van der Waals surface area contributed by atoms with Crippen molar-refractivity contribution in [2.75, 3.05) is 19.5 Å². The first-order chi connectivity index (χ1) is 15.1. The van der Waals surface area contributed by atoms with Crippen LogP contribution in [0.15, 0.2) is 60.2 Å². The number of ether oxygens (including phenoxy) is 2. The molecule has 2 heterocycles. The Balaban J connectivity index is 1.45. The molecule has 31 heavy (non-hydrogen) atoms. The van der Waals surface area contributed by atoms with E-state index >= 15 is 0 Å². The monoisotopic (exact) mass is 454 g/mol. The second kappa shape index (κ2) is 9.20. The van der Waals surface area contributed by atoms with Crippen molar-refractivity contribution in [3.05, 3.63) is 76.4 Å². The SMILES string of the molecule is COc1ccc(-c2csc(NC(=O)c3cnn(Cc4ccccc4Cl)c3)n2)cc1OC. The molecule has 1 N–H and O–H groups in total. The van der Waals surface area contributed by atoms with Crippen molar-refractivity contribution < 1.29 is 14.3 Å². The van der Waals surface area contributed by atoms with Gasteiger partial charge in [0.15, 0.2) is 16.6 Å². The van der Waals surface area contributed by atoms with E-state index < -0.39 is 0 Å². The van der Waals surface area contributed by atoms with Crippen LogP contribution in [0.1, 0.15) is 15.9 Å². The third-order valence-corrected chi connectivity index (χ3v) is 5.72. The van der Waals surface area contributed by atoms with E-state index in [9.17, 15) is 4.79 Å². The summed E-state index contributed by atoms with van der Waals surface area (Å²) in [6, 6.07) is 13.1. The van der Waals surface area contributed by atoms with Gasteiger partial charge in [0.2, 0.25) is 0 Å². The Bertz CT molecular complexity index is 1220. The van der Waals surface area contributed by atoms with Gasteiger partial charge in [-0.05, 0) is 29.8 Å². The predicted octanol–water partition coefficient (Wildman–Crippen LogP) is 4.98. The molecule has 0 unspecified atom stereocenters. The van der Waals surface area contributed by atoms with Crippen LogP contribution in [0.2, 0.25) is 5.02 Å². The van der Waals surface area contributed by atoms with Gasteiger partial charge in [-0.25, -0.2) is 4.98 Å². The van der Waals surface area contributed by atoms with E-state index in [1.165, 1.54) is 17.5 Å². The molecule has 0 aliphatic heterocycles. The molecule has 0 bridgehead atoms. The number of anilines is 1. The van der Waals surface area contributed by atoms with E-state index in [2.05, 4.69) is 15.4 Å².